The van der Waals surface area contributed by atoms with Crippen molar-refractivity contribution in [1.82, 2.24) is 5.43 Å². The van der Waals surface area contributed by atoms with Gasteiger partial charge in [0, 0.05) is 0 Å². The summed E-state index contributed by atoms with van der Waals surface area (Å²) < 4.78 is 5.08. The van der Waals surface area contributed by atoms with E-state index >= 15 is 0 Å². The summed E-state index contributed by atoms with van der Waals surface area (Å²) in [4.78, 5) is 4.16. The number of aliphatic hydroxyl groups is 4. The van der Waals surface area contributed by atoms with E-state index in [4.69, 9.17) is 27.8 Å². The predicted octanol–water partition coefficient (Wildman–Crippen LogP) is -1.23. The standard InChI is InChI=1S/C16H24N4O5S/c1-8-3-5-10(6-4-8)20(16(17)26)19-9(2)18-12-14(23)13(22)11(7-21)25-15(12)24/h3-6,11-15,21-24H,7H2,1-2H3,(H2,17,26)(H,18,19)/t11-,12-,13-,14-,15?/m1/s1. The molecule has 1 unspecified atom stereocenters. The van der Waals surface area contributed by atoms with E-state index in [1.165, 1.54) is 5.01 Å². The van der Waals surface area contributed by atoms with Crippen molar-refractivity contribution in [3.63, 3.8) is 0 Å². The Balaban J connectivity index is 2.16. The topological polar surface area (TPSA) is 144 Å². The first-order valence-electron chi connectivity index (χ1n) is 8.02. The molecule has 0 amide bonds. The second-order valence-corrected chi connectivity index (χ2v) is 6.47. The second-order valence-electron chi connectivity index (χ2n) is 6.05. The van der Waals surface area contributed by atoms with E-state index in [1.807, 2.05) is 31.2 Å². The molecule has 1 aromatic rings. The first kappa shape index (κ1) is 20.5. The average molecular weight is 384 g/mol. The maximum atomic E-state index is 10.1. The third-order valence-corrected chi connectivity index (χ3v) is 4.18. The molecule has 0 saturated carbocycles. The monoisotopic (exact) mass is 384 g/mol. The highest BCUT2D eigenvalue weighted by Gasteiger charge is 2.43. The lowest BCUT2D eigenvalue weighted by Crippen LogP contribution is -2.58. The van der Waals surface area contributed by atoms with Crippen molar-refractivity contribution in [3.8, 4) is 0 Å². The number of rotatable bonds is 3. The van der Waals surface area contributed by atoms with E-state index < -0.39 is 37.3 Å². The molecule has 0 bridgehead atoms. The second kappa shape index (κ2) is 8.71. The van der Waals surface area contributed by atoms with E-state index in [2.05, 4.69) is 10.4 Å². The minimum absolute atomic E-state index is 0.0461. The van der Waals surface area contributed by atoms with Gasteiger partial charge in [-0.05, 0) is 38.2 Å². The van der Waals surface area contributed by atoms with E-state index in [0.717, 1.165) is 5.56 Å². The summed E-state index contributed by atoms with van der Waals surface area (Å²) in [6.45, 7) is 3.00. The summed E-state index contributed by atoms with van der Waals surface area (Å²) in [7, 11) is 0. The minimum atomic E-state index is -1.49. The SMILES string of the molecule is CC(=N[C@H]1C(O)O[C@H](CO)[C@@H](O)[C@@H]1O)NN(C(N)=S)c1ccc(C)cc1. The van der Waals surface area contributed by atoms with Crippen LogP contribution in [0.3, 0.4) is 0 Å². The van der Waals surface area contributed by atoms with Gasteiger partial charge in [-0.1, -0.05) is 17.7 Å². The third kappa shape index (κ3) is 4.67. The molecule has 1 fully saturated rings. The Hall–Kier alpha value is -1.82. The molecule has 0 aliphatic carbocycles. The lowest BCUT2D eigenvalue weighted by molar-refractivity contribution is -0.248. The summed E-state index contributed by atoms with van der Waals surface area (Å²) in [6.07, 6.45) is -5.36. The number of hydrazine groups is 1. The van der Waals surface area contributed by atoms with Crippen molar-refractivity contribution in [1.29, 1.82) is 0 Å². The molecule has 7 N–H and O–H groups in total. The maximum Gasteiger partial charge on any atom is 0.190 e. The number of benzene rings is 1. The molecule has 26 heavy (non-hydrogen) atoms. The van der Waals surface area contributed by atoms with Gasteiger partial charge in [0.1, 0.15) is 30.2 Å². The molecule has 2 rings (SSSR count). The van der Waals surface area contributed by atoms with Gasteiger partial charge in [-0.3, -0.25) is 10.4 Å². The van der Waals surface area contributed by atoms with E-state index in [-0.39, 0.29) is 10.9 Å². The number of anilines is 1. The number of ether oxygens (including phenoxy) is 1. The highest BCUT2D eigenvalue weighted by molar-refractivity contribution is 7.80. The maximum absolute atomic E-state index is 10.1. The normalized spacial score (nSPS) is 29.3. The van der Waals surface area contributed by atoms with Crippen LogP contribution in [0.4, 0.5) is 5.69 Å². The molecule has 10 heteroatoms. The zero-order valence-corrected chi connectivity index (χ0v) is 15.3. The highest BCUT2D eigenvalue weighted by Crippen LogP contribution is 2.22. The number of nitrogens with one attached hydrogen (secondary N) is 1. The van der Waals surface area contributed by atoms with Gasteiger partial charge in [0.05, 0.1) is 12.3 Å². The lowest BCUT2D eigenvalue weighted by atomic mass is 9.97. The Labute approximate surface area is 156 Å². The van der Waals surface area contributed by atoms with Crippen LogP contribution in [0.5, 0.6) is 0 Å². The number of aliphatic imine (C=N–C) groups is 1. The number of amidine groups is 1. The highest BCUT2D eigenvalue weighted by atomic mass is 32.1. The summed E-state index contributed by atoms with van der Waals surface area (Å²) in [5, 5.41) is 40.6. The number of nitrogens with two attached hydrogens (primary N) is 1. The molecule has 9 nitrogen and oxygen atoms in total. The lowest BCUT2D eigenvalue weighted by Gasteiger charge is -2.38. The molecule has 1 aliphatic rings. The third-order valence-electron chi connectivity index (χ3n) is 4.00. The van der Waals surface area contributed by atoms with Gasteiger partial charge in [-0.25, -0.2) is 5.01 Å². The smallest absolute Gasteiger partial charge is 0.190 e. The Bertz CT molecular complexity index is 657. The minimum Gasteiger partial charge on any atom is -0.394 e. The summed E-state index contributed by atoms with van der Waals surface area (Å²) in [5.41, 5.74) is 10.4. The van der Waals surface area contributed by atoms with Crippen LogP contribution in [0, 0.1) is 6.92 Å². The Kier molecular flexibility index (Phi) is 6.87. The molecule has 144 valence electrons. The predicted molar refractivity (Wildman–Crippen MR) is 100 cm³/mol. The van der Waals surface area contributed by atoms with Gasteiger partial charge < -0.3 is 30.9 Å². The van der Waals surface area contributed by atoms with Crippen LogP contribution >= 0.6 is 12.2 Å². The molecule has 1 aromatic carbocycles. The zero-order valence-electron chi connectivity index (χ0n) is 14.5. The fourth-order valence-corrected chi connectivity index (χ4v) is 2.73. The van der Waals surface area contributed by atoms with Crippen LogP contribution in [0.1, 0.15) is 12.5 Å². The fourth-order valence-electron chi connectivity index (χ4n) is 2.58. The molecular formula is C16H24N4O5S. The largest absolute Gasteiger partial charge is 0.394 e. The molecule has 0 aromatic heterocycles. The quantitative estimate of drug-likeness (QED) is 0.163. The Morgan fingerprint density at radius 2 is 1.88 bits per heavy atom. The fraction of sp³-hybridized carbons (Fsp3) is 0.500. The van der Waals surface area contributed by atoms with E-state index in [9.17, 15) is 15.3 Å². The van der Waals surface area contributed by atoms with E-state index in [0.29, 0.717) is 5.69 Å². The summed E-state index contributed by atoms with van der Waals surface area (Å²) in [5.74, 6) is 0.278. The van der Waals surface area contributed by atoms with E-state index in [1.54, 1.807) is 6.92 Å². The Morgan fingerprint density at radius 3 is 2.42 bits per heavy atom. The molecule has 1 saturated heterocycles. The van der Waals surface area contributed by atoms with Gasteiger partial charge in [-0.2, -0.15) is 0 Å². The molecule has 5 atom stereocenters. The Morgan fingerprint density at radius 1 is 1.27 bits per heavy atom. The number of aliphatic hydroxyl groups excluding tert-OH is 4. The van der Waals surface area contributed by atoms with Crippen LogP contribution in [-0.4, -0.2) is 68.6 Å². The number of hydrogen-bond acceptors (Lipinski definition) is 7. The van der Waals surface area contributed by atoms with Gasteiger partial charge >= 0.3 is 0 Å². The number of aryl methyl sites for hydroxylation is 1. The van der Waals surface area contributed by atoms with Crippen LogP contribution in [0.15, 0.2) is 29.3 Å². The molecule has 1 aliphatic heterocycles. The zero-order chi connectivity index (χ0) is 19.4. The van der Waals surface area contributed by atoms with Crippen molar-refractivity contribution in [2.45, 2.75) is 44.5 Å². The first-order valence-corrected chi connectivity index (χ1v) is 8.43. The van der Waals surface area contributed by atoms with Crippen LogP contribution in [-0.2, 0) is 4.74 Å². The van der Waals surface area contributed by atoms with Crippen molar-refractivity contribution < 1.29 is 25.2 Å². The van der Waals surface area contributed by atoms with Crippen LogP contribution < -0.4 is 16.2 Å². The van der Waals surface area contributed by atoms with Crippen LogP contribution in [0.2, 0.25) is 0 Å². The van der Waals surface area contributed by atoms with Gasteiger partial charge in [-0.15, -0.1) is 0 Å². The van der Waals surface area contributed by atoms with Crippen molar-refractivity contribution >= 4 is 28.9 Å². The molecule has 0 radical (unpaired) electrons. The van der Waals surface area contributed by atoms with Crippen LogP contribution in [0.25, 0.3) is 0 Å². The summed E-state index contributed by atoms with van der Waals surface area (Å²) >= 11 is 5.05. The van der Waals surface area contributed by atoms with Gasteiger partial charge in [0.2, 0.25) is 0 Å². The average Bonchev–Trinajstić information content (AvgIpc) is 2.60. The molecule has 1 heterocycles. The van der Waals surface area contributed by atoms with Crippen molar-refractivity contribution in [2.24, 2.45) is 10.7 Å². The number of nitrogens with zero attached hydrogens (tertiary/aromatic N) is 2. The number of hydrogen-bond donors (Lipinski definition) is 6. The first-order chi connectivity index (χ1) is 12.2. The number of thiocarbonyl (C=S) groups is 1. The molecule has 0 spiro atoms. The van der Waals surface area contributed by atoms with Crippen molar-refractivity contribution in [3.05, 3.63) is 29.8 Å². The van der Waals surface area contributed by atoms with Gasteiger partial charge in [0.25, 0.3) is 0 Å². The molecular weight excluding hydrogens is 360 g/mol. The van der Waals surface area contributed by atoms with Crippen molar-refractivity contribution in [2.75, 3.05) is 11.6 Å². The summed E-state index contributed by atoms with van der Waals surface area (Å²) in [6, 6.07) is 6.27. The van der Waals surface area contributed by atoms with Gasteiger partial charge in [0.15, 0.2) is 11.4 Å².